The third-order valence-corrected chi connectivity index (χ3v) is 6.61. The second kappa shape index (κ2) is 8.91. The first-order valence-corrected chi connectivity index (χ1v) is 11.1. The van der Waals surface area contributed by atoms with E-state index < -0.39 is 0 Å². The second-order valence-corrected chi connectivity index (χ2v) is 8.55. The Morgan fingerprint density at radius 1 is 1.31 bits per heavy atom. The Kier molecular flexibility index (Phi) is 6.29. The van der Waals surface area contributed by atoms with Crippen LogP contribution >= 0.6 is 11.3 Å². The van der Waals surface area contributed by atoms with Crippen molar-refractivity contribution < 1.29 is 19.4 Å². The molecule has 0 spiro atoms. The van der Waals surface area contributed by atoms with Crippen molar-refractivity contribution in [1.82, 2.24) is 14.9 Å². The minimum absolute atomic E-state index is 0.313. The summed E-state index contributed by atoms with van der Waals surface area (Å²) in [6.45, 7) is 9.27. The van der Waals surface area contributed by atoms with Crippen LogP contribution in [0, 0.1) is 6.92 Å². The van der Waals surface area contributed by atoms with E-state index in [1.165, 1.54) is 11.3 Å². The summed E-state index contributed by atoms with van der Waals surface area (Å²) in [5.74, 6) is 1.25. The molecule has 158 valence electrons. The number of aryl methyl sites for hydroxylation is 1. The predicted octanol–water partition coefficient (Wildman–Crippen LogP) is 1.97. The molecular formula is C20H28N4O4S. The molecule has 29 heavy (non-hydrogen) atoms. The van der Waals surface area contributed by atoms with Gasteiger partial charge in [0, 0.05) is 26.2 Å². The Balaban J connectivity index is 1.76. The fourth-order valence-electron chi connectivity index (χ4n) is 3.96. The molecule has 9 heteroatoms. The topological polar surface area (TPSA) is 88.0 Å². The standard InChI is InChI=1S/C20H28N4O4S/c1-3-28-20(26)17-13(2)16-18(24-6-4-5-14(25)11-24)21-15(22-19(16)29-17)12-23-7-9-27-10-8-23/h14,25H,3-12H2,1-2H3/t14-/m1/s1. The van der Waals surface area contributed by atoms with Gasteiger partial charge in [-0.1, -0.05) is 0 Å². The Labute approximate surface area is 174 Å². The van der Waals surface area contributed by atoms with Gasteiger partial charge in [-0.05, 0) is 32.3 Å². The number of carbonyl (C=O) groups excluding carboxylic acids is 1. The van der Waals surface area contributed by atoms with Crippen molar-refractivity contribution in [2.24, 2.45) is 0 Å². The minimum Gasteiger partial charge on any atom is -0.462 e. The van der Waals surface area contributed by atoms with Gasteiger partial charge in [0.2, 0.25) is 0 Å². The summed E-state index contributed by atoms with van der Waals surface area (Å²) in [7, 11) is 0. The van der Waals surface area contributed by atoms with Gasteiger partial charge < -0.3 is 19.5 Å². The highest BCUT2D eigenvalue weighted by atomic mass is 32.1. The summed E-state index contributed by atoms with van der Waals surface area (Å²) in [5.41, 5.74) is 0.858. The Bertz CT molecular complexity index is 881. The zero-order valence-corrected chi connectivity index (χ0v) is 17.8. The lowest BCUT2D eigenvalue weighted by Gasteiger charge is -2.32. The first-order chi connectivity index (χ1) is 14.1. The van der Waals surface area contributed by atoms with Crippen molar-refractivity contribution in [1.29, 1.82) is 0 Å². The van der Waals surface area contributed by atoms with E-state index >= 15 is 0 Å². The van der Waals surface area contributed by atoms with Gasteiger partial charge in [-0.3, -0.25) is 4.90 Å². The van der Waals surface area contributed by atoms with Crippen LogP contribution in [-0.2, 0) is 16.0 Å². The number of aliphatic hydroxyl groups is 1. The van der Waals surface area contributed by atoms with E-state index in [2.05, 4.69) is 9.80 Å². The monoisotopic (exact) mass is 420 g/mol. The van der Waals surface area contributed by atoms with E-state index in [0.717, 1.165) is 73.1 Å². The van der Waals surface area contributed by atoms with Crippen LogP contribution in [0.2, 0.25) is 0 Å². The molecule has 0 aromatic carbocycles. The molecule has 1 atom stereocenters. The van der Waals surface area contributed by atoms with Gasteiger partial charge in [-0.15, -0.1) is 11.3 Å². The molecule has 0 amide bonds. The molecule has 0 saturated carbocycles. The largest absolute Gasteiger partial charge is 0.462 e. The molecule has 2 saturated heterocycles. The summed E-state index contributed by atoms with van der Waals surface area (Å²) >= 11 is 1.37. The Hall–Kier alpha value is -1.81. The fourth-order valence-corrected chi connectivity index (χ4v) is 5.05. The number of ether oxygens (including phenoxy) is 2. The zero-order valence-electron chi connectivity index (χ0n) is 17.0. The van der Waals surface area contributed by atoms with Crippen molar-refractivity contribution >= 4 is 33.3 Å². The van der Waals surface area contributed by atoms with E-state index in [1.54, 1.807) is 6.92 Å². The summed E-state index contributed by atoms with van der Waals surface area (Å²) in [6.07, 6.45) is 1.36. The lowest BCUT2D eigenvalue weighted by Crippen LogP contribution is -2.39. The molecule has 2 fully saturated rings. The summed E-state index contributed by atoms with van der Waals surface area (Å²) in [6, 6.07) is 0. The number of rotatable bonds is 5. The molecule has 2 aliphatic heterocycles. The molecule has 0 unspecified atom stereocenters. The smallest absolute Gasteiger partial charge is 0.348 e. The van der Waals surface area contributed by atoms with Crippen molar-refractivity contribution in [3.63, 3.8) is 0 Å². The maximum Gasteiger partial charge on any atom is 0.348 e. The van der Waals surface area contributed by atoms with E-state index in [-0.39, 0.29) is 12.1 Å². The number of fused-ring (bicyclic) bond motifs is 1. The SMILES string of the molecule is CCOC(=O)c1sc2nc(CN3CCOCC3)nc(N3CCC[C@@H](O)C3)c2c1C. The normalized spacial score (nSPS) is 20.9. The highest BCUT2D eigenvalue weighted by Gasteiger charge is 2.27. The van der Waals surface area contributed by atoms with Crippen LogP contribution in [-0.4, -0.2) is 78.0 Å². The molecular weight excluding hydrogens is 392 g/mol. The lowest BCUT2D eigenvalue weighted by molar-refractivity contribution is 0.0331. The molecule has 0 aliphatic carbocycles. The van der Waals surface area contributed by atoms with E-state index in [4.69, 9.17) is 19.4 Å². The molecule has 4 heterocycles. The fraction of sp³-hybridized carbons (Fsp3) is 0.650. The molecule has 2 aromatic rings. The van der Waals surface area contributed by atoms with Crippen LogP contribution in [0.15, 0.2) is 0 Å². The van der Waals surface area contributed by atoms with E-state index in [1.807, 2.05) is 6.92 Å². The molecule has 0 radical (unpaired) electrons. The zero-order chi connectivity index (χ0) is 20.4. The number of esters is 1. The third kappa shape index (κ3) is 4.37. The molecule has 8 nitrogen and oxygen atoms in total. The molecule has 4 rings (SSSR count). The second-order valence-electron chi connectivity index (χ2n) is 7.55. The van der Waals surface area contributed by atoms with Gasteiger partial charge in [-0.25, -0.2) is 14.8 Å². The maximum absolute atomic E-state index is 12.4. The van der Waals surface area contributed by atoms with E-state index in [0.29, 0.717) is 24.6 Å². The average molecular weight is 421 g/mol. The number of nitrogens with zero attached hydrogens (tertiary/aromatic N) is 4. The number of carbonyl (C=O) groups is 1. The first-order valence-electron chi connectivity index (χ1n) is 10.3. The number of hydrogen-bond acceptors (Lipinski definition) is 9. The first kappa shape index (κ1) is 20.5. The van der Waals surface area contributed by atoms with E-state index in [9.17, 15) is 9.90 Å². The van der Waals surface area contributed by atoms with Gasteiger partial charge in [0.05, 0.1) is 37.9 Å². The quantitative estimate of drug-likeness (QED) is 0.735. The van der Waals surface area contributed by atoms with Gasteiger partial charge in [0.15, 0.2) is 0 Å². The number of piperidine rings is 1. The number of aliphatic hydroxyl groups excluding tert-OH is 1. The van der Waals surface area contributed by atoms with Crippen LogP contribution < -0.4 is 4.90 Å². The predicted molar refractivity (Wildman–Crippen MR) is 112 cm³/mol. The molecule has 1 N–H and O–H groups in total. The lowest BCUT2D eigenvalue weighted by atomic mass is 10.1. The third-order valence-electron chi connectivity index (χ3n) is 5.44. The number of hydrogen-bond donors (Lipinski definition) is 1. The number of β-amino-alcohol motifs (C(OH)–C–C–N with tert-alkyl or cyclic N) is 1. The van der Waals surface area contributed by atoms with Crippen LogP contribution in [0.4, 0.5) is 5.82 Å². The number of anilines is 1. The van der Waals surface area contributed by atoms with Crippen LogP contribution in [0.3, 0.4) is 0 Å². The average Bonchev–Trinajstić information content (AvgIpc) is 3.05. The maximum atomic E-state index is 12.4. The van der Waals surface area contributed by atoms with Crippen molar-refractivity contribution in [2.75, 3.05) is 50.9 Å². The summed E-state index contributed by atoms with van der Waals surface area (Å²) < 4.78 is 10.7. The van der Waals surface area contributed by atoms with Crippen LogP contribution in [0.25, 0.3) is 10.2 Å². The van der Waals surface area contributed by atoms with Crippen LogP contribution in [0.5, 0.6) is 0 Å². The van der Waals surface area contributed by atoms with Gasteiger partial charge >= 0.3 is 5.97 Å². The van der Waals surface area contributed by atoms with Gasteiger partial charge in [0.25, 0.3) is 0 Å². The van der Waals surface area contributed by atoms with Crippen molar-refractivity contribution in [3.05, 3.63) is 16.3 Å². The Morgan fingerprint density at radius 3 is 2.83 bits per heavy atom. The number of morpholine rings is 1. The highest BCUT2D eigenvalue weighted by molar-refractivity contribution is 7.20. The van der Waals surface area contributed by atoms with Crippen LogP contribution in [0.1, 0.15) is 40.8 Å². The molecule has 2 aromatic heterocycles. The summed E-state index contributed by atoms with van der Waals surface area (Å²) in [5, 5.41) is 11.1. The highest BCUT2D eigenvalue weighted by Crippen LogP contribution is 2.37. The van der Waals surface area contributed by atoms with Gasteiger partial charge in [-0.2, -0.15) is 0 Å². The van der Waals surface area contributed by atoms with Crippen molar-refractivity contribution in [2.45, 2.75) is 39.3 Å². The van der Waals surface area contributed by atoms with Crippen molar-refractivity contribution in [3.8, 4) is 0 Å². The molecule has 0 bridgehead atoms. The number of aromatic nitrogens is 2. The summed E-state index contributed by atoms with van der Waals surface area (Å²) in [4.78, 5) is 28.0. The van der Waals surface area contributed by atoms with Gasteiger partial charge in [0.1, 0.15) is 21.3 Å². The number of thiophene rings is 1. The molecule has 2 aliphatic rings. The Morgan fingerprint density at radius 2 is 2.10 bits per heavy atom. The minimum atomic E-state index is -0.361.